The van der Waals surface area contributed by atoms with Crippen molar-refractivity contribution < 1.29 is 8.78 Å². The summed E-state index contributed by atoms with van der Waals surface area (Å²) in [5.74, 6) is -0.315. The monoisotopic (exact) mass is 255 g/mol. The van der Waals surface area contributed by atoms with E-state index in [1.807, 2.05) is 6.92 Å². The molecule has 0 amide bonds. The van der Waals surface area contributed by atoms with Crippen LogP contribution in [0.15, 0.2) is 18.2 Å². The molecule has 0 aliphatic carbocycles. The van der Waals surface area contributed by atoms with Crippen molar-refractivity contribution in [2.75, 3.05) is 6.54 Å². The highest BCUT2D eigenvalue weighted by atomic mass is 19.1. The van der Waals surface area contributed by atoms with Crippen LogP contribution in [0.1, 0.15) is 39.2 Å². The van der Waals surface area contributed by atoms with Gasteiger partial charge in [0, 0.05) is 12.1 Å². The van der Waals surface area contributed by atoms with Crippen molar-refractivity contribution in [2.45, 2.75) is 46.1 Å². The molecule has 0 saturated carbocycles. The fourth-order valence-electron chi connectivity index (χ4n) is 2.05. The highest BCUT2D eigenvalue weighted by Crippen LogP contribution is 2.15. The van der Waals surface area contributed by atoms with E-state index in [0.717, 1.165) is 25.5 Å². The first kappa shape index (κ1) is 15.1. The van der Waals surface area contributed by atoms with E-state index >= 15 is 0 Å². The van der Waals surface area contributed by atoms with Crippen LogP contribution in [0.5, 0.6) is 0 Å². The third kappa shape index (κ3) is 5.13. The Balaban J connectivity index is 2.64. The molecule has 0 aromatic heterocycles. The minimum Gasteiger partial charge on any atom is -0.314 e. The lowest BCUT2D eigenvalue weighted by Crippen LogP contribution is -2.31. The van der Waals surface area contributed by atoms with E-state index in [2.05, 4.69) is 19.2 Å². The SMILES string of the molecule is CCNC(CCC(C)C)Cc1ccc(F)cc1F. The van der Waals surface area contributed by atoms with E-state index in [4.69, 9.17) is 0 Å². The average Bonchev–Trinajstić information content (AvgIpc) is 2.29. The molecule has 0 bridgehead atoms. The van der Waals surface area contributed by atoms with Crippen molar-refractivity contribution in [3.05, 3.63) is 35.4 Å². The molecule has 18 heavy (non-hydrogen) atoms. The summed E-state index contributed by atoms with van der Waals surface area (Å²) in [4.78, 5) is 0. The number of hydrogen-bond acceptors (Lipinski definition) is 1. The molecule has 3 heteroatoms. The third-order valence-corrected chi connectivity index (χ3v) is 3.07. The first-order valence-electron chi connectivity index (χ1n) is 6.70. The van der Waals surface area contributed by atoms with Gasteiger partial charge in [0.25, 0.3) is 0 Å². The van der Waals surface area contributed by atoms with Crippen LogP contribution in [0.2, 0.25) is 0 Å². The van der Waals surface area contributed by atoms with Crippen LogP contribution in [0.3, 0.4) is 0 Å². The molecule has 0 heterocycles. The summed E-state index contributed by atoms with van der Waals surface area (Å²) in [5.41, 5.74) is 0.589. The number of halogens is 2. The third-order valence-electron chi connectivity index (χ3n) is 3.07. The van der Waals surface area contributed by atoms with Gasteiger partial charge < -0.3 is 5.32 Å². The molecule has 0 aliphatic rings. The highest BCUT2D eigenvalue weighted by Gasteiger charge is 2.12. The van der Waals surface area contributed by atoms with Crippen molar-refractivity contribution in [3.8, 4) is 0 Å². The second-order valence-electron chi connectivity index (χ2n) is 5.17. The van der Waals surface area contributed by atoms with Gasteiger partial charge in [-0.25, -0.2) is 8.78 Å². The Morgan fingerprint density at radius 3 is 2.44 bits per heavy atom. The second kappa shape index (κ2) is 7.47. The van der Waals surface area contributed by atoms with Crippen molar-refractivity contribution in [3.63, 3.8) is 0 Å². The topological polar surface area (TPSA) is 12.0 Å². The normalized spacial score (nSPS) is 13.0. The zero-order chi connectivity index (χ0) is 13.5. The maximum atomic E-state index is 13.6. The van der Waals surface area contributed by atoms with Crippen LogP contribution in [0.4, 0.5) is 8.78 Å². The van der Waals surface area contributed by atoms with E-state index in [0.29, 0.717) is 17.9 Å². The number of nitrogens with one attached hydrogen (secondary N) is 1. The molecule has 0 fully saturated rings. The molecule has 102 valence electrons. The van der Waals surface area contributed by atoms with E-state index in [1.165, 1.54) is 6.07 Å². The average molecular weight is 255 g/mol. The fourth-order valence-corrected chi connectivity index (χ4v) is 2.05. The van der Waals surface area contributed by atoms with Crippen LogP contribution in [0, 0.1) is 17.6 Å². The van der Waals surface area contributed by atoms with Crippen LogP contribution in [-0.2, 0) is 6.42 Å². The van der Waals surface area contributed by atoms with Crippen molar-refractivity contribution in [1.82, 2.24) is 5.32 Å². The standard InChI is InChI=1S/C15H23F2N/c1-4-18-14(8-5-11(2)3)9-12-6-7-13(16)10-15(12)17/h6-7,10-11,14,18H,4-5,8-9H2,1-3H3. The Bertz CT molecular complexity index is 364. The van der Waals surface area contributed by atoms with Gasteiger partial charge in [0.2, 0.25) is 0 Å². The van der Waals surface area contributed by atoms with Crippen LogP contribution < -0.4 is 5.32 Å². The van der Waals surface area contributed by atoms with Gasteiger partial charge in [-0.2, -0.15) is 0 Å². The Morgan fingerprint density at radius 1 is 1.17 bits per heavy atom. The van der Waals surface area contributed by atoms with Gasteiger partial charge in [-0.3, -0.25) is 0 Å². The van der Waals surface area contributed by atoms with Crippen LogP contribution in [0.25, 0.3) is 0 Å². The lowest BCUT2D eigenvalue weighted by molar-refractivity contribution is 0.429. The van der Waals surface area contributed by atoms with Gasteiger partial charge in [-0.1, -0.05) is 26.8 Å². The molecule has 1 N–H and O–H groups in total. The first-order valence-corrected chi connectivity index (χ1v) is 6.70. The lowest BCUT2D eigenvalue weighted by atomic mass is 9.97. The van der Waals surface area contributed by atoms with Gasteiger partial charge in [0.1, 0.15) is 11.6 Å². The summed E-state index contributed by atoms with van der Waals surface area (Å²) < 4.78 is 26.4. The maximum absolute atomic E-state index is 13.6. The van der Waals surface area contributed by atoms with Gasteiger partial charge in [-0.15, -0.1) is 0 Å². The molecule has 0 aliphatic heterocycles. The summed E-state index contributed by atoms with van der Waals surface area (Å²) >= 11 is 0. The van der Waals surface area contributed by atoms with E-state index in [-0.39, 0.29) is 6.04 Å². The van der Waals surface area contributed by atoms with Crippen molar-refractivity contribution in [1.29, 1.82) is 0 Å². The smallest absolute Gasteiger partial charge is 0.129 e. The zero-order valence-electron chi connectivity index (χ0n) is 11.5. The predicted octanol–water partition coefficient (Wildman–Crippen LogP) is 3.92. The molecule has 1 aromatic carbocycles. The maximum Gasteiger partial charge on any atom is 0.129 e. The number of benzene rings is 1. The fraction of sp³-hybridized carbons (Fsp3) is 0.600. The van der Waals surface area contributed by atoms with Crippen LogP contribution >= 0.6 is 0 Å². The van der Waals surface area contributed by atoms with E-state index < -0.39 is 11.6 Å². The van der Waals surface area contributed by atoms with E-state index in [1.54, 1.807) is 6.07 Å². The minimum absolute atomic E-state index is 0.261. The van der Waals surface area contributed by atoms with Gasteiger partial charge >= 0.3 is 0 Å². The number of likely N-dealkylation sites (N-methyl/N-ethyl adjacent to an activating group) is 1. The molecule has 1 aromatic rings. The van der Waals surface area contributed by atoms with Crippen molar-refractivity contribution >= 4 is 0 Å². The molecule has 1 nitrogen and oxygen atoms in total. The molecule has 0 radical (unpaired) electrons. The molecular formula is C15H23F2N. The Labute approximate surface area is 109 Å². The number of hydrogen-bond donors (Lipinski definition) is 1. The molecule has 0 spiro atoms. The number of rotatable bonds is 7. The molecule has 1 rings (SSSR count). The van der Waals surface area contributed by atoms with Crippen LogP contribution in [-0.4, -0.2) is 12.6 Å². The molecule has 1 unspecified atom stereocenters. The van der Waals surface area contributed by atoms with Crippen molar-refractivity contribution in [2.24, 2.45) is 5.92 Å². The van der Waals surface area contributed by atoms with Gasteiger partial charge in [0.05, 0.1) is 0 Å². The summed E-state index contributed by atoms with van der Waals surface area (Å²) in [6, 6.07) is 4.09. The molecule has 0 saturated heterocycles. The Hall–Kier alpha value is -0.960. The summed E-state index contributed by atoms with van der Waals surface area (Å²) in [7, 11) is 0. The summed E-state index contributed by atoms with van der Waals surface area (Å²) in [6.07, 6.45) is 2.75. The molecular weight excluding hydrogens is 232 g/mol. The summed E-state index contributed by atoms with van der Waals surface area (Å²) in [6.45, 7) is 7.28. The highest BCUT2D eigenvalue weighted by molar-refractivity contribution is 5.19. The Morgan fingerprint density at radius 2 is 1.89 bits per heavy atom. The largest absolute Gasteiger partial charge is 0.314 e. The minimum atomic E-state index is -0.515. The van der Waals surface area contributed by atoms with Gasteiger partial charge in [0.15, 0.2) is 0 Å². The van der Waals surface area contributed by atoms with Gasteiger partial charge in [-0.05, 0) is 43.4 Å². The zero-order valence-corrected chi connectivity index (χ0v) is 11.5. The lowest BCUT2D eigenvalue weighted by Gasteiger charge is -2.19. The predicted molar refractivity (Wildman–Crippen MR) is 71.6 cm³/mol. The Kier molecular flexibility index (Phi) is 6.27. The quantitative estimate of drug-likeness (QED) is 0.778. The first-order chi connectivity index (χ1) is 8.52. The van der Waals surface area contributed by atoms with E-state index in [9.17, 15) is 8.78 Å². The summed E-state index contributed by atoms with van der Waals surface area (Å²) in [5, 5.41) is 3.37. The second-order valence-corrected chi connectivity index (χ2v) is 5.17. The molecule has 1 atom stereocenters.